The van der Waals surface area contributed by atoms with E-state index >= 15 is 0 Å². The fourth-order valence-electron chi connectivity index (χ4n) is 2.36. The number of amides is 1. The molecule has 1 heterocycles. The number of hydrogen-bond acceptors (Lipinski definition) is 3. The van der Waals surface area contributed by atoms with Crippen LogP contribution in [0, 0.1) is 25.2 Å². The zero-order chi connectivity index (χ0) is 15.7. The Balaban J connectivity index is 1.94. The number of fused-ring (bicyclic) bond motifs is 1. The van der Waals surface area contributed by atoms with E-state index in [0.29, 0.717) is 16.1 Å². The monoisotopic (exact) mass is 306 g/mol. The molecule has 0 spiro atoms. The molecule has 0 atom stereocenters. The maximum absolute atomic E-state index is 12.4. The number of rotatable bonds is 2. The Labute approximate surface area is 132 Å². The zero-order valence-corrected chi connectivity index (χ0v) is 13.1. The van der Waals surface area contributed by atoms with Crippen molar-refractivity contribution < 1.29 is 4.79 Å². The summed E-state index contributed by atoms with van der Waals surface area (Å²) in [5, 5.41) is 14.8. The van der Waals surface area contributed by atoms with Crippen LogP contribution in [0.25, 0.3) is 10.8 Å². The van der Waals surface area contributed by atoms with Crippen molar-refractivity contribution in [3.05, 3.63) is 64.0 Å². The summed E-state index contributed by atoms with van der Waals surface area (Å²) in [5.74, 6) is -0.191. The number of hydrogen-bond donors (Lipinski definition) is 1. The first-order valence-electron chi connectivity index (χ1n) is 6.90. The normalized spacial score (nSPS) is 10.4. The second-order valence-corrected chi connectivity index (χ2v) is 6.34. The second-order valence-electron chi connectivity index (χ2n) is 5.12. The molecule has 0 aliphatic rings. The van der Waals surface area contributed by atoms with Crippen molar-refractivity contribution >= 4 is 33.0 Å². The molecule has 0 aliphatic carbocycles. The SMILES string of the molecule is Cc1sc(NC(=O)c2ccc3ccccc3c2)c(C#N)c1C. The average Bonchev–Trinajstić information content (AvgIpc) is 2.80. The molecule has 1 aromatic heterocycles. The number of nitriles is 1. The minimum Gasteiger partial charge on any atom is -0.312 e. The van der Waals surface area contributed by atoms with Crippen molar-refractivity contribution in [1.29, 1.82) is 5.26 Å². The van der Waals surface area contributed by atoms with Crippen molar-refractivity contribution in [2.75, 3.05) is 5.32 Å². The number of carbonyl (C=O) groups is 1. The van der Waals surface area contributed by atoms with Gasteiger partial charge in [0, 0.05) is 10.4 Å². The molecular weight excluding hydrogens is 292 g/mol. The first-order chi connectivity index (χ1) is 10.6. The van der Waals surface area contributed by atoms with Crippen molar-refractivity contribution in [3.8, 4) is 6.07 Å². The maximum Gasteiger partial charge on any atom is 0.256 e. The standard InChI is InChI=1S/C18H14N2OS/c1-11-12(2)22-18(16(11)10-19)20-17(21)15-8-7-13-5-3-4-6-14(13)9-15/h3-9H,1-2H3,(H,20,21). The zero-order valence-electron chi connectivity index (χ0n) is 12.3. The molecule has 1 amide bonds. The molecule has 3 nitrogen and oxygen atoms in total. The van der Waals surface area contributed by atoms with Crippen LogP contribution in [-0.2, 0) is 0 Å². The highest BCUT2D eigenvalue weighted by Crippen LogP contribution is 2.32. The minimum absolute atomic E-state index is 0.191. The predicted molar refractivity (Wildman–Crippen MR) is 90.4 cm³/mol. The van der Waals surface area contributed by atoms with Gasteiger partial charge in [-0.1, -0.05) is 30.3 Å². The predicted octanol–water partition coefficient (Wildman–Crippen LogP) is 4.64. The summed E-state index contributed by atoms with van der Waals surface area (Å²) in [4.78, 5) is 13.5. The van der Waals surface area contributed by atoms with Crippen LogP contribution in [0.1, 0.15) is 26.4 Å². The number of anilines is 1. The van der Waals surface area contributed by atoms with E-state index in [0.717, 1.165) is 21.2 Å². The van der Waals surface area contributed by atoms with Gasteiger partial charge in [-0.3, -0.25) is 4.79 Å². The van der Waals surface area contributed by atoms with Crippen LogP contribution in [0.2, 0.25) is 0 Å². The summed E-state index contributed by atoms with van der Waals surface area (Å²) >= 11 is 1.44. The topological polar surface area (TPSA) is 52.9 Å². The molecule has 2 aromatic carbocycles. The molecule has 0 saturated heterocycles. The van der Waals surface area contributed by atoms with Gasteiger partial charge >= 0.3 is 0 Å². The van der Waals surface area contributed by atoms with E-state index in [4.69, 9.17) is 0 Å². The third kappa shape index (κ3) is 2.47. The van der Waals surface area contributed by atoms with Crippen molar-refractivity contribution in [2.45, 2.75) is 13.8 Å². The van der Waals surface area contributed by atoms with E-state index in [-0.39, 0.29) is 5.91 Å². The number of carbonyl (C=O) groups excluding carboxylic acids is 1. The number of benzene rings is 2. The summed E-state index contributed by atoms with van der Waals surface area (Å²) in [6.07, 6.45) is 0. The summed E-state index contributed by atoms with van der Waals surface area (Å²) in [5.41, 5.74) is 2.07. The molecule has 1 N–H and O–H groups in total. The first kappa shape index (κ1) is 14.3. The van der Waals surface area contributed by atoms with Gasteiger partial charge in [-0.25, -0.2) is 0 Å². The van der Waals surface area contributed by atoms with Gasteiger partial charge in [-0.15, -0.1) is 11.3 Å². The van der Waals surface area contributed by atoms with E-state index < -0.39 is 0 Å². The molecule has 22 heavy (non-hydrogen) atoms. The van der Waals surface area contributed by atoms with Gasteiger partial charge in [0.05, 0.1) is 5.56 Å². The van der Waals surface area contributed by atoms with Crippen molar-refractivity contribution in [3.63, 3.8) is 0 Å². The molecule has 3 aromatic rings. The lowest BCUT2D eigenvalue weighted by molar-refractivity contribution is 0.102. The van der Waals surface area contributed by atoms with Gasteiger partial charge in [-0.05, 0) is 42.3 Å². The summed E-state index contributed by atoms with van der Waals surface area (Å²) in [6.45, 7) is 3.85. The minimum atomic E-state index is -0.191. The third-order valence-corrected chi connectivity index (χ3v) is 4.86. The third-order valence-electron chi connectivity index (χ3n) is 3.74. The van der Waals surface area contributed by atoms with Gasteiger partial charge in [0.25, 0.3) is 5.91 Å². The molecular formula is C18H14N2OS. The Morgan fingerprint density at radius 2 is 1.86 bits per heavy atom. The van der Waals surface area contributed by atoms with E-state index in [1.165, 1.54) is 11.3 Å². The lowest BCUT2D eigenvalue weighted by atomic mass is 10.1. The van der Waals surface area contributed by atoms with Crippen molar-refractivity contribution in [2.24, 2.45) is 0 Å². The van der Waals surface area contributed by atoms with Crippen LogP contribution >= 0.6 is 11.3 Å². The number of aryl methyl sites for hydroxylation is 1. The number of nitrogens with zero attached hydrogens (tertiary/aromatic N) is 1. The average molecular weight is 306 g/mol. The molecule has 4 heteroatoms. The van der Waals surface area contributed by atoms with Crippen LogP contribution in [0.15, 0.2) is 42.5 Å². The van der Waals surface area contributed by atoms with Gasteiger partial charge in [0.1, 0.15) is 11.1 Å². The molecule has 3 rings (SSSR count). The lowest BCUT2D eigenvalue weighted by Crippen LogP contribution is -2.11. The first-order valence-corrected chi connectivity index (χ1v) is 7.72. The molecule has 0 radical (unpaired) electrons. The molecule has 0 bridgehead atoms. The largest absolute Gasteiger partial charge is 0.312 e. The summed E-state index contributed by atoms with van der Waals surface area (Å²) in [7, 11) is 0. The number of nitrogens with one attached hydrogen (secondary N) is 1. The van der Waals surface area contributed by atoms with E-state index in [2.05, 4.69) is 11.4 Å². The Hall–Kier alpha value is -2.64. The van der Waals surface area contributed by atoms with Gasteiger partial charge in [0.2, 0.25) is 0 Å². The summed E-state index contributed by atoms with van der Waals surface area (Å²) < 4.78 is 0. The fourth-order valence-corrected chi connectivity index (χ4v) is 3.36. The van der Waals surface area contributed by atoms with Crippen LogP contribution in [-0.4, -0.2) is 5.91 Å². The van der Waals surface area contributed by atoms with Crippen LogP contribution in [0.3, 0.4) is 0 Å². The molecule has 0 fully saturated rings. The van der Waals surface area contributed by atoms with Crippen LogP contribution in [0.5, 0.6) is 0 Å². The molecule has 108 valence electrons. The molecule has 0 aliphatic heterocycles. The highest BCUT2D eigenvalue weighted by molar-refractivity contribution is 7.16. The van der Waals surface area contributed by atoms with Gasteiger partial charge < -0.3 is 5.32 Å². The highest BCUT2D eigenvalue weighted by Gasteiger charge is 2.15. The smallest absolute Gasteiger partial charge is 0.256 e. The molecule has 0 unspecified atom stereocenters. The van der Waals surface area contributed by atoms with Crippen LogP contribution in [0.4, 0.5) is 5.00 Å². The van der Waals surface area contributed by atoms with E-state index in [1.54, 1.807) is 6.07 Å². The summed E-state index contributed by atoms with van der Waals surface area (Å²) in [6, 6.07) is 15.7. The Bertz CT molecular complexity index is 918. The van der Waals surface area contributed by atoms with Gasteiger partial charge in [-0.2, -0.15) is 5.26 Å². The maximum atomic E-state index is 12.4. The lowest BCUT2D eigenvalue weighted by Gasteiger charge is -2.05. The molecule has 0 saturated carbocycles. The Morgan fingerprint density at radius 3 is 2.59 bits per heavy atom. The van der Waals surface area contributed by atoms with Gasteiger partial charge in [0.15, 0.2) is 0 Å². The Morgan fingerprint density at radius 1 is 1.14 bits per heavy atom. The van der Waals surface area contributed by atoms with Crippen molar-refractivity contribution in [1.82, 2.24) is 0 Å². The Kier molecular flexibility index (Phi) is 3.66. The van der Waals surface area contributed by atoms with E-state index in [1.807, 2.05) is 50.2 Å². The van der Waals surface area contributed by atoms with E-state index in [9.17, 15) is 10.1 Å². The fraction of sp³-hybridized carbons (Fsp3) is 0.111. The highest BCUT2D eigenvalue weighted by atomic mass is 32.1. The number of thiophene rings is 1. The second kappa shape index (κ2) is 5.63. The van der Waals surface area contributed by atoms with Crippen LogP contribution < -0.4 is 5.32 Å². The quantitative estimate of drug-likeness (QED) is 0.749.